The van der Waals surface area contributed by atoms with Crippen molar-refractivity contribution in [1.82, 2.24) is 0 Å². The lowest BCUT2D eigenvalue weighted by molar-refractivity contribution is -0.00301. The molecule has 1 saturated heterocycles. The van der Waals surface area contributed by atoms with Crippen LogP contribution in [0.2, 0.25) is 0 Å². The molecule has 1 aromatic carbocycles. The van der Waals surface area contributed by atoms with Gasteiger partial charge in [0.05, 0.1) is 6.10 Å². The van der Waals surface area contributed by atoms with Gasteiger partial charge in [0, 0.05) is 6.61 Å². The Morgan fingerprint density at radius 2 is 2.33 bits per heavy atom. The average Bonchev–Trinajstić information content (AvgIpc) is 2.74. The van der Waals surface area contributed by atoms with E-state index in [1.54, 1.807) is 6.07 Å². The molecule has 2 atom stereocenters. The molecular weight excluding hydrogens is 195 g/mol. The fraction of sp³-hybridized carbons (Fsp3) is 0.500. The van der Waals surface area contributed by atoms with E-state index >= 15 is 0 Å². The first-order chi connectivity index (χ1) is 7.18. The lowest BCUT2D eigenvalue weighted by atomic mass is 9.98. The largest absolute Gasteiger partial charge is 0.386 e. The zero-order valence-corrected chi connectivity index (χ0v) is 8.74. The van der Waals surface area contributed by atoms with Crippen LogP contribution in [0.1, 0.15) is 30.1 Å². The van der Waals surface area contributed by atoms with Crippen LogP contribution in [0.15, 0.2) is 18.2 Å². The highest BCUT2D eigenvalue weighted by atomic mass is 19.1. The molecule has 0 aromatic heterocycles. The van der Waals surface area contributed by atoms with Crippen LogP contribution in [0.3, 0.4) is 0 Å². The topological polar surface area (TPSA) is 29.5 Å². The molecule has 0 aliphatic carbocycles. The van der Waals surface area contributed by atoms with E-state index in [0.717, 1.165) is 18.4 Å². The molecule has 82 valence electrons. The normalized spacial score (nSPS) is 23.0. The average molecular weight is 210 g/mol. The Kier molecular flexibility index (Phi) is 3.03. The minimum Gasteiger partial charge on any atom is -0.386 e. The quantitative estimate of drug-likeness (QED) is 0.811. The summed E-state index contributed by atoms with van der Waals surface area (Å²) in [6.07, 6.45) is 0.932. The smallest absolute Gasteiger partial charge is 0.123 e. The van der Waals surface area contributed by atoms with Crippen molar-refractivity contribution in [2.75, 3.05) is 6.61 Å². The van der Waals surface area contributed by atoms with Gasteiger partial charge in [0.25, 0.3) is 0 Å². The maximum atomic E-state index is 13.0. The number of ether oxygens (including phenoxy) is 1. The molecule has 15 heavy (non-hydrogen) atoms. The number of aliphatic hydroxyl groups excluding tert-OH is 1. The van der Waals surface area contributed by atoms with Crippen LogP contribution in [-0.4, -0.2) is 17.8 Å². The van der Waals surface area contributed by atoms with Crippen molar-refractivity contribution in [2.24, 2.45) is 0 Å². The van der Waals surface area contributed by atoms with E-state index in [0.29, 0.717) is 12.2 Å². The van der Waals surface area contributed by atoms with E-state index in [-0.39, 0.29) is 11.9 Å². The monoisotopic (exact) mass is 210 g/mol. The minimum absolute atomic E-state index is 0.175. The van der Waals surface area contributed by atoms with Gasteiger partial charge >= 0.3 is 0 Å². The van der Waals surface area contributed by atoms with Gasteiger partial charge in [-0.1, -0.05) is 6.07 Å². The van der Waals surface area contributed by atoms with Crippen LogP contribution in [0, 0.1) is 12.7 Å². The number of halogens is 1. The maximum Gasteiger partial charge on any atom is 0.123 e. The van der Waals surface area contributed by atoms with Gasteiger partial charge in [-0.2, -0.15) is 0 Å². The van der Waals surface area contributed by atoms with Crippen LogP contribution < -0.4 is 0 Å². The third-order valence-corrected chi connectivity index (χ3v) is 2.88. The van der Waals surface area contributed by atoms with E-state index in [4.69, 9.17) is 4.74 Å². The Labute approximate surface area is 88.7 Å². The molecule has 0 spiro atoms. The number of aliphatic hydroxyl groups is 1. The first kappa shape index (κ1) is 10.6. The van der Waals surface area contributed by atoms with Crippen LogP contribution in [0.5, 0.6) is 0 Å². The Hall–Kier alpha value is -0.930. The minimum atomic E-state index is -0.705. The number of hydrogen-bond donors (Lipinski definition) is 1. The van der Waals surface area contributed by atoms with Gasteiger partial charge < -0.3 is 9.84 Å². The molecule has 1 fully saturated rings. The number of rotatable bonds is 2. The third kappa shape index (κ3) is 2.19. The molecule has 0 saturated carbocycles. The summed E-state index contributed by atoms with van der Waals surface area (Å²) in [6, 6.07) is 4.48. The molecule has 1 aliphatic heterocycles. The highest BCUT2D eigenvalue weighted by molar-refractivity contribution is 5.29. The fourth-order valence-electron chi connectivity index (χ4n) is 1.98. The summed E-state index contributed by atoms with van der Waals surface area (Å²) in [5, 5.41) is 10.0. The van der Waals surface area contributed by atoms with Gasteiger partial charge in [0.15, 0.2) is 0 Å². The summed E-state index contributed by atoms with van der Waals surface area (Å²) >= 11 is 0. The zero-order valence-electron chi connectivity index (χ0n) is 8.74. The molecule has 1 N–H and O–H groups in total. The molecule has 0 bridgehead atoms. The van der Waals surface area contributed by atoms with Gasteiger partial charge in [-0.3, -0.25) is 0 Å². The standard InChI is InChI=1S/C12H15FO2/c1-8-4-5-9(13)7-10(8)12(14)11-3-2-6-15-11/h4-5,7,11-12,14H,2-3,6H2,1H3. The van der Waals surface area contributed by atoms with Gasteiger partial charge in [-0.25, -0.2) is 4.39 Å². The van der Waals surface area contributed by atoms with E-state index < -0.39 is 6.10 Å². The number of hydrogen-bond acceptors (Lipinski definition) is 2. The third-order valence-electron chi connectivity index (χ3n) is 2.88. The Bertz CT molecular complexity index is 345. The predicted octanol–water partition coefficient (Wildman–Crippen LogP) is 2.35. The summed E-state index contributed by atoms with van der Waals surface area (Å²) in [7, 11) is 0. The summed E-state index contributed by atoms with van der Waals surface area (Å²) in [5.74, 6) is -0.312. The maximum absolute atomic E-state index is 13.0. The van der Waals surface area contributed by atoms with Gasteiger partial charge in [0.1, 0.15) is 11.9 Å². The van der Waals surface area contributed by atoms with Crippen LogP contribution in [0.4, 0.5) is 4.39 Å². The molecular formula is C12H15FO2. The second-order valence-corrected chi connectivity index (χ2v) is 4.00. The van der Waals surface area contributed by atoms with Crippen molar-refractivity contribution in [1.29, 1.82) is 0 Å². The Morgan fingerprint density at radius 1 is 1.53 bits per heavy atom. The van der Waals surface area contributed by atoms with E-state index in [1.165, 1.54) is 12.1 Å². The number of benzene rings is 1. The molecule has 2 nitrogen and oxygen atoms in total. The van der Waals surface area contributed by atoms with Crippen LogP contribution >= 0.6 is 0 Å². The predicted molar refractivity (Wildman–Crippen MR) is 55.1 cm³/mol. The Morgan fingerprint density at radius 3 is 3.00 bits per heavy atom. The van der Waals surface area contributed by atoms with Crippen molar-refractivity contribution in [3.8, 4) is 0 Å². The van der Waals surface area contributed by atoms with Crippen LogP contribution in [-0.2, 0) is 4.74 Å². The molecule has 3 heteroatoms. The molecule has 1 aromatic rings. The first-order valence-corrected chi connectivity index (χ1v) is 5.24. The summed E-state index contributed by atoms with van der Waals surface area (Å²) in [6.45, 7) is 2.56. The SMILES string of the molecule is Cc1ccc(F)cc1C(O)C1CCCO1. The first-order valence-electron chi connectivity index (χ1n) is 5.24. The highest BCUT2D eigenvalue weighted by Gasteiger charge is 2.26. The highest BCUT2D eigenvalue weighted by Crippen LogP contribution is 2.28. The summed E-state index contributed by atoms with van der Waals surface area (Å²) in [5.41, 5.74) is 1.54. The fourth-order valence-corrected chi connectivity index (χ4v) is 1.98. The second kappa shape index (κ2) is 4.29. The molecule has 0 amide bonds. The van der Waals surface area contributed by atoms with Gasteiger partial charge in [-0.05, 0) is 43.0 Å². The van der Waals surface area contributed by atoms with Crippen molar-refractivity contribution in [2.45, 2.75) is 32.0 Å². The second-order valence-electron chi connectivity index (χ2n) is 4.00. The van der Waals surface area contributed by atoms with Crippen molar-refractivity contribution in [3.05, 3.63) is 35.1 Å². The van der Waals surface area contributed by atoms with E-state index in [9.17, 15) is 9.50 Å². The molecule has 2 rings (SSSR count). The lowest BCUT2D eigenvalue weighted by Crippen LogP contribution is -2.18. The lowest BCUT2D eigenvalue weighted by Gasteiger charge is -2.19. The van der Waals surface area contributed by atoms with E-state index in [1.807, 2.05) is 6.92 Å². The molecule has 2 unspecified atom stereocenters. The zero-order chi connectivity index (χ0) is 10.8. The van der Waals surface area contributed by atoms with Crippen LogP contribution in [0.25, 0.3) is 0 Å². The van der Waals surface area contributed by atoms with Gasteiger partial charge in [0.2, 0.25) is 0 Å². The van der Waals surface area contributed by atoms with Crippen molar-refractivity contribution < 1.29 is 14.2 Å². The van der Waals surface area contributed by atoms with Gasteiger partial charge in [-0.15, -0.1) is 0 Å². The molecule has 1 heterocycles. The van der Waals surface area contributed by atoms with Crippen molar-refractivity contribution >= 4 is 0 Å². The Balaban J connectivity index is 2.23. The molecule has 1 aliphatic rings. The van der Waals surface area contributed by atoms with E-state index in [2.05, 4.69) is 0 Å². The summed E-state index contributed by atoms with van der Waals surface area (Å²) < 4.78 is 18.4. The van der Waals surface area contributed by atoms with Crippen molar-refractivity contribution in [3.63, 3.8) is 0 Å². The summed E-state index contributed by atoms with van der Waals surface area (Å²) in [4.78, 5) is 0. The number of aryl methyl sites for hydroxylation is 1. The molecule has 0 radical (unpaired) electrons.